The molecule has 0 aliphatic heterocycles. The molecule has 1 aliphatic rings. The highest BCUT2D eigenvalue weighted by Gasteiger charge is 2.36. The van der Waals surface area contributed by atoms with Crippen molar-refractivity contribution in [3.05, 3.63) is 64.8 Å². The lowest BCUT2D eigenvalue weighted by Gasteiger charge is -2.42. The minimum atomic E-state index is 0.264. The van der Waals surface area contributed by atoms with Gasteiger partial charge >= 0.3 is 0 Å². The van der Waals surface area contributed by atoms with Gasteiger partial charge < -0.3 is 0 Å². The van der Waals surface area contributed by atoms with Crippen LogP contribution in [0.15, 0.2) is 48.1 Å². The molecule has 0 radical (unpaired) electrons. The summed E-state index contributed by atoms with van der Waals surface area (Å²) in [6.07, 6.45) is 15.3. The van der Waals surface area contributed by atoms with Gasteiger partial charge in [0.2, 0.25) is 0 Å². The minimum Gasteiger partial charge on any atom is -0.0798 e. The lowest BCUT2D eigenvalue weighted by molar-refractivity contribution is 0.332. The van der Waals surface area contributed by atoms with Gasteiger partial charge in [0.1, 0.15) is 0 Å². The Kier molecular flexibility index (Phi) is 6.72. The number of benzene rings is 1. The predicted octanol–water partition coefficient (Wildman–Crippen LogP) is 8.13. The Morgan fingerprint density at radius 3 is 2.31 bits per heavy atom. The van der Waals surface area contributed by atoms with Crippen LogP contribution in [0.4, 0.5) is 0 Å². The quantitative estimate of drug-likeness (QED) is 0.454. The molecule has 0 aromatic heterocycles. The highest BCUT2D eigenvalue weighted by molar-refractivity contribution is 5.75. The second-order valence-electron chi connectivity index (χ2n) is 9.25. The number of hydrogen-bond donors (Lipinski definition) is 0. The Balaban J connectivity index is 2.30. The Morgan fingerprint density at radius 1 is 1.04 bits per heavy atom. The summed E-state index contributed by atoms with van der Waals surface area (Å²) < 4.78 is 0. The third-order valence-electron chi connectivity index (χ3n) is 6.08. The summed E-state index contributed by atoms with van der Waals surface area (Å²) >= 11 is 0. The van der Waals surface area contributed by atoms with E-state index in [0.717, 1.165) is 0 Å². The van der Waals surface area contributed by atoms with Crippen LogP contribution in [0.1, 0.15) is 97.3 Å². The van der Waals surface area contributed by atoms with Crippen LogP contribution in [0.5, 0.6) is 0 Å². The van der Waals surface area contributed by atoms with Crippen molar-refractivity contribution >= 4 is 5.57 Å². The van der Waals surface area contributed by atoms with Crippen molar-refractivity contribution < 1.29 is 0 Å². The normalized spacial score (nSPS) is 19.7. The molecule has 0 N–H and O–H groups in total. The number of hydrogen-bond acceptors (Lipinski definition) is 0. The highest BCUT2D eigenvalue weighted by atomic mass is 14.4. The van der Waals surface area contributed by atoms with Gasteiger partial charge in [-0.3, -0.25) is 0 Å². The summed E-state index contributed by atoms with van der Waals surface area (Å²) in [7, 11) is 0. The van der Waals surface area contributed by atoms with Gasteiger partial charge in [-0.2, -0.15) is 0 Å². The van der Waals surface area contributed by atoms with Gasteiger partial charge in [-0.1, -0.05) is 89.1 Å². The van der Waals surface area contributed by atoms with Crippen LogP contribution in [-0.4, -0.2) is 0 Å². The first-order valence-electron chi connectivity index (χ1n) is 10.4. The van der Waals surface area contributed by atoms with E-state index >= 15 is 0 Å². The molecule has 0 atom stereocenters. The van der Waals surface area contributed by atoms with E-state index in [-0.39, 0.29) is 10.8 Å². The van der Waals surface area contributed by atoms with Crippen LogP contribution < -0.4 is 0 Å². The topological polar surface area (TPSA) is 0 Å². The Morgan fingerprint density at radius 2 is 1.69 bits per heavy atom. The fraction of sp³-hybridized carbons (Fsp3) is 0.538. The van der Waals surface area contributed by atoms with E-state index in [1.54, 1.807) is 0 Å². The molecule has 0 bridgehead atoms. The van der Waals surface area contributed by atoms with Crippen LogP contribution in [0.3, 0.4) is 0 Å². The summed E-state index contributed by atoms with van der Waals surface area (Å²) in [4.78, 5) is 0. The molecule has 0 amide bonds. The first kappa shape index (κ1) is 20.7. The van der Waals surface area contributed by atoms with Gasteiger partial charge in [0.15, 0.2) is 0 Å². The zero-order chi connectivity index (χ0) is 19.4. The molecule has 1 aromatic carbocycles. The molecule has 0 unspecified atom stereocenters. The maximum Gasteiger partial charge on any atom is -0.0100 e. The van der Waals surface area contributed by atoms with E-state index in [9.17, 15) is 0 Å². The van der Waals surface area contributed by atoms with Crippen molar-refractivity contribution in [1.29, 1.82) is 0 Å². The molecule has 0 fully saturated rings. The summed E-state index contributed by atoms with van der Waals surface area (Å²) in [5.74, 6) is 0. The van der Waals surface area contributed by atoms with Gasteiger partial charge in [-0.25, -0.2) is 0 Å². The van der Waals surface area contributed by atoms with Gasteiger partial charge in [0, 0.05) is 0 Å². The van der Waals surface area contributed by atoms with E-state index in [2.05, 4.69) is 91.0 Å². The van der Waals surface area contributed by atoms with Crippen LogP contribution in [-0.2, 0) is 10.8 Å². The number of allylic oxidation sites excluding steroid dienone is 6. The average molecular weight is 351 g/mol. The van der Waals surface area contributed by atoms with Gasteiger partial charge in [-0.05, 0) is 72.6 Å². The molecule has 0 spiro atoms. The summed E-state index contributed by atoms with van der Waals surface area (Å²) in [6, 6.07) is 7.14. The van der Waals surface area contributed by atoms with Crippen LogP contribution >= 0.6 is 0 Å². The van der Waals surface area contributed by atoms with E-state index < -0.39 is 0 Å². The smallest absolute Gasteiger partial charge is 0.0100 e. The molecule has 0 heterocycles. The van der Waals surface area contributed by atoms with E-state index in [1.807, 2.05) is 0 Å². The second-order valence-corrected chi connectivity index (χ2v) is 9.25. The predicted molar refractivity (Wildman–Crippen MR) is 118 cm³/mol. The zero-order valence-corrected chi connectivity index (χ0v) is 18.1. The molecule has 142 valence electrons. The van der Waals surface area contributed by atoms with Crippen molar-refractivity contribution in [2.24, 2.45) is 0 Å². The summed E-state index contributed by atoms with van der Waals surface area (Å²) in [6.45, 7) is 16.2. The van der Waals surface area contributed by atoms with Crippen LogP contribution in [0.25, 0.3) is 5.57 Å². The van der Waals surface area contributed by atoms with E-state index in [4.69, 9.17) is 0 Å². The molecular formula is C26H38. The standard InChI is InChI=1S/C26H38/c1-8-10-12-20(3)13-11-14-21(9-2)22-15-16-23-24(19-22)26(6,7)18-17-25(23,4)5/h9,11,13-16,19H,8,10,12,17-18H2,1-7H3/b14-11-,20-13+,21-9-. The molecule has 0 saturated carbocycles. The number of fused-ring (bicyclic) bond motifs is 1. The van der Waals surface area contributed by atoms with Crippen LogP contribution in [0.2, 0.25) is 0 Å². The molecule has 26 heavy (non-hydrogen) atoms. The molecule has 1 aliphatic carbocycles. The van der Waals surface area contributed by atoms with E-state index in [1.165, 1.54) is 59.9 Å². The molecule has 0 heteroatoms. The maximum absolute atomic E-state index is 2.45. The average Bonchev–Trinajstić information content (AvgIpc) is 2.60. The van der Waals surface area contributed by atoms with E-state index in [0.29, 0.717) is 0 Å². The largest absolute Gasteiger partial charge is 0.0798 e. The highest BCUT2D eigenvalue weighted by Crippen LogP contribution is 2.46. The van der Waals surface area contributed by atoms with Crippen molar-refractivity contribution in [3.63, 3.8) is 0 Å². The number of rotatable bonds is 6. The molecule has 0 saturated heterocycles. The third-order valence-corrected chi connectivity index (χ3v) is 6.08. The first-order chi connectivity index (χ1) is 12.2. The Labute approximate surface area is 162 Å². The van der Waals surface area contributed by atoms with Crippen molar-refractivity contribution in [2.45, 2.75) is 91.4 Å². The lowest BCUT2D eigenvalue weighted by atomic mass is 9.63. The zero-order valence-electron chi connectivity index (χ0n) is 18.1. The van der Waals surface area contributed by atoms with Gasteiger partial charge in [0.25, 0.3) is 0 Å². The van der Waals surface area contributed by atoms with Gasteiger partial charge in [-0.15, -0.1) is 0 Å². The lowest BCUT2D eigenvalue weighted by Crippen LogP contribution is -2.33. The van der Waals surface area contributed by atoms with Crippen LogP contribution in [0, 0.1) is 0 Å². The second kappa shape index (κ2) is 8.42. The fourth-order valence-electron chi connectivity index (χ4n) is 3.98. The monoisotopic (exact) mass is 350 g/mol. The van der Waals surface area contributed by atoms with Gasteiger partial charge in [0.05, 0.1) is 0 Å². The third kappa shape index (κ3) is 4.78. The summed E-state index contributed by atoms with van der Waals surface area (Å²) in [5, 5.41) is 0. The van der Waals surface area contributed by atoms with Crippen molar-refractivity contribution in [2.75, 3.05) is 0 Å². The fourth-order valence-corrected chi connectivity index (χ4v) is 3.98. The molecular weight excluding hydrogens is 312 g/mol. The Bertz CT molecular complexity index is 708. The maximum atomic E-state index is 2.45. The first-order valence-corrected chi connectivity index (χ1v) is 10.4. The summed E-state index contributed by atoms with van der Waals surface area (Å²) in [5.41, 5.74) is 7.74. The number of unbranched alkanes of at least 4 members (excludes halogenated alkanes) is 1. The molecule has 2 rings (SSSR count). The Hall–Kier alpha value is -1.56. The van der Waals surface area contributed by atoms with Crippen molar-refractivity contribution in [1.82, 2.24) is 0 Å². The minimum absolute atomic E-state index is 0.264. The SMILES string of the molecule is C/C=C(/C=C\C=C(/C)CCCC)c1ccc2c(c1)C(C)(C)CCC2(C)C. The molecule has 0 nitrogen and oxygen atoms in total. The molecule has 1 aromatic rings. The van der Waals surface area contributed by atoms with Crippen molar-refractivity contribution in [3.8, 4) is 0 Å².